The predicted octanol–water partition coefficient (Wildman–Crippen LogP) is 1.67. The maximum atomic E-state index is 11.2. The Morgan fingerprint density at radius 3 is 3.00 bits per heavy atom. The van der Waals surface area contributed by atoms with E-state index < -0.39 is 0 Å². The van der Waals surface area contributed by atoms with Crippen LogP contribution in [0.15, 0.2) is 24.3 Å². The lowest BCUT2D eigenvalue weighted by Crippen LogP contribution is -2.24. The van der Waals surface area contributed by atoms with Gasteiger partial charge in [-0.2, -0.15) is 11.8 Å². The summed E-state index contributed by atoms with van der Waals surface area (Å²) < 4.78 is 5.09. The number of carbonyl (C=O) groups is 1. The molecule has 15 heavy (non-hydrogen) atoms. The molecule has 0 atom stereocenters. The van der Waals surface area contributed by atoms with Gasteiger partial charge in [-0.3, -0.25) is 4.79 Å². The van der Waals surface area contributed by atoms with Gasteiger partial charge in [0.05, 0.1) is 12.9 Å². The second-order valence-corrected chi connectivity index (χ2v) is 3.93. The van der Waals surface area contributed by atoms with E-state index in [1.807, 2.05) is 30.5 Å². The summed E-state index contributed by atoms with van der Waals surface area (Å²) in [5.74, 6) is 1.38. The Morgan fingerprint density at radius 2 is 2.33 bits per heavy atom. The van der Waals surface area contributed by atoms with E-state index >= 15 is 0 Å². The molecule has 0 aromatic heterocycles. The second-order valence-electron chi connectivity index (χ2n) is 3.06. The number of amides is 1. The molecule has 0 saturated heterocycles. The molecule has 0 saturated carbocycles. The van der Waals surface area contributed by atoms with Crippen molar-refractivity contribution in [3.8, 4) is 5.75 Å². The predicted molar refractivity (Wildman–Crippen MR) is 63.2 cm³/mol. The zero-order chi connectivity index (χ0) is 11.1. The molecule has 0 unspecified atom stereocenters. The highest BCUT2D eigenvalue weighted by Gasteiger charge is 2.00. The number of ether oxygens (including phenoxy) is 1. The molecule has 1 amide bonds. The van der Waals surface area contributed by atoms with Crippen LogP contribution < -0.4 is 10.1 Å². The molecule has 0 aliphatic heterocycles. The highest BCUT2D eigenvalue weighted by atomic mass is 32.2. The zero-order valence-corrected chi connectivity index (χ0v) is 9.76. The zero-order valence-electron chi connectivity index (χ0n) is 8.95. The Kier molecular flexibility index (Phi) is 5.04. The van der Waals surface area contributed by atoms with Crippen LogP contribution >= 0.6 is 11.8 Å². The number of carbonyl (C=O) groups excluding carboxylic acids is 1. The Balaban J connectivity index is 2.46. The number of rotatable bonds is 5. The molecule has 0 aliphatic carbocycles. The molecule has 0 fully saturated rings. The smallest absolute Gasteiger partial charge is 0.230 e. The lowest BCUT2D eigenvalue weighted by Gasteiger charge is -2.06. The van der Waals surface area contributed by atoms with Crippen LogP contribution in [0.3, 0.4) is 0 Å². The molecule has 1 N–H and O–H groups in total. The molecular weight excluding hydrogens is 210 g/mol. The van der Waals surface area contributed by atoms with Gasteiger partial charge in [0.2, 0.25) is 5.91 Å². The summed E-state index contributed by atoms with van der Waals surface area (Å²) in [7, 11) is 1.63. The van der Waals surface area contributed by atoms with Crippen molar-refractivity contribution in [1.29, 1.82) is 0 Å². The summed E-state index contributed by atoms with van der Waals surface area (Å²) in [6, 6.07) is 7.67. The minimum Gasteiger partial charge on any atom is -0.497 e. The van der Waals surface area contributed by atoms with Crippen LogP contribution in [-0.2, 0) is 11.3 Å². The summed E-state index contributed by atoms with van der Waals surface area (Å²) in [6.45, 7) is 0.552. The highest BCUT2D eigenvalue weighted by Crippen LogP contribution is 2.12. The maximum absolute atomic E-state index is 11.2. The van der Waals surface area contributed by atoms with Gasteiger partial charge >= 0.3 is 0 Å². The number of hydrogen-bond donors (Lipinski definition) is 1. The Hall–Kier alpha value is -1.16. The minimum absolute atomic E-state index is 0.0605. The van der Waals surface area contributed by atoms with Crippen molar-refractivity contribution in [3.63, 3.8) is 0 Å². The molecule has 0 radical (unpaired) electrons. The number of benzene rings is 1. The van der Waals surface area contributed by atoms with Crippen molar-refractivity contribution in [2.75, 3.05) is 19.1 Å². The van der Waals surface area contributed by atoms with Gasteiger partial charge in [0.15, 0.2) is 0 Å². The lowest BCUT2D eigenvalue weighted by molar-refractivity contribution is -0.118. The fraction of sp³-hybridized carbons (Fsp3) is 0.364. The molecule has 0 heterocycles. The number of hydrogen-bond acceptors (Lipinski definition) is 3. The van der Waals surface area contributed by atoms with Gasteiger partial charge in [0.25, 0.3) is 0 Å². The van der Waals surface area contributed by atoms with E-state index in [0.717, 1.165) is 11.3 Å². The van der Waals surface area contributed by atoms with E-state index in [1.54, 1.807) is 7.11 Å². The third-order valence-corrected chi connectivity index (χ3v) is 2.45. The molecule has 1 aromatic rings. The molecule has 1 rings (SSSR count). The van der Waals surface area contributed by atoms with Gasteiger partial charge in [0, 0.05) is 6.54 Å². The van der Waals surface area contributed by atoms with Crippen LogP contribution in [0.4, 0.5) is 0 Å². The fourth-order valence-electron chi connectivity index (χ4n) is 1.17. The van der Waals surface area contributed by atoms with Gasteiger partial charge in [-0.1, -0.05) is 12.1 Å². The lowest BCUT2D eigenvalue weighted by atomic mass is 10.2. The first-order valence-electron chi connectivity index (χ1n) is 4.65. The molecule has 0 bridgehead atoms. The molecule has 1 aromatic carbocycles. The Morgan fingerprint density at radius 1 is 1.53 bits per heavy atom. The first-order valence-corrected chi connectivity index (χ1v) is 6.04. The van der Waals surface area contributed by atoms with Gasteiger partial charge in [-0.05, 0) is 24.0 Å². The van der Waals surface area contributed by atoms with Crippen molar-refractivity contribution in [2.45, 2.75) is 6.54 Å². The van der Waals surface area contributed by atoms with E-state index in [2.05, 4.69) is 5.32 Å². The van der Waals surface area contributed by atoms with Gasteiger partial charge in [-0.25, -0.2) is 0 Å². The first-order chi connectivity index (χ1) is 7.26. The van der Waals surface area contributed by atoms with Gasteiger partial charge in [0.1, 0.15) is 5.75 Å². The van der Waals surface area contributed by atoms with E-state index in [4.69, 9.17) is 4.74 Å². The van der Waals surface area contributed by atoms with Crippen molar-refractivity contribution in [1.82, 2.24) is 5.32 Å². The quantitative estimate of drug-likeness (QED) is 0.828. The van der Waals surface area contributed by atoms with Gasteiger partial charge < -0.3 is 10.1 Å². The summed E-state index contributed by atoms with van der Waals surface area (Å²) in [6.07, 6.45) is 1.91. The van der Waals surface area contributed by atoms with Crippen LogP contribution in [0.25, 0.3) is 0 Å². The van der Waals surface area contributed by atoms with Crippen LogP contribution in [-0.4, -0.2) is 25.0 Å². The summed E-state index contributed by atoms with van der Waals surface area (Å²) >= 11 is 1.52. The van der Waals surface area contributed by atoms with Crippen molar-refractivity contribution in [3.05, 3.63) is 29.8 Å². The Labute approximate surface area is 94.2 Å². The number of nitrogens with one attached hydrogen (secondary N) is 1. The highest BCUT2D eigenvalue weighted by molar-refractivity contribution is 7.99. The van der Waals surface area contributed by atoms with Crippen molar-refractivity contribution >= 4 is 17.7 Å². The minimum atomic E-state index is 0.0605. The third-order valence-electron chi connectivity index (χ3n) is 1.90. The fourth-order valence-corrected chi connectivity index (χ4v) is 1.53. The van der Waals surface area contributed by atoms with Crippen LogP contribution in [0.1, 0.15) is 5.56 Å². The summed E-state index contributed by atoms with van der Waals surface area (Å²) in [5, 5.41) is 2.84. The van der Waals surface area contributed by atoms with Crippen LogP contribution in [0, 0.1) is 0 Å². The van der Waals surface area contributed by atoms with Crippen LogP contribution in [0.5, 0.6) is 5.75 Å². The molecule has 4 heteroatoms. The molecule has 82 valence electrons. The number of thioether (sulfide) groups is 1. The summed E-state index contributed by atoms with van der Waals surface area (Å²) in [5.41, 5.74) is 1.05. The summed E-state index contributed by atoms with van der Waals surface area (Å²) in [4.78, 5) is 11.2. The normalized spacial score (nSPS) is 9.73. The first kappa shape index (κ1) is 11.9. The van der Waals surface area contributed by atoms with E-state index in [0.29, 0.717) is 12.3 Å². The molecule has 0 spiro atoms. The SMILES string of the molecule is COc1cccc(CNC(=O)CSC)c1. The molecular formula is C11H15NO2S. The van der Waals surface area contributed by atoms with E-state index in [9.17, 15) is 4.79 Å². The largest absolute Gasteiger partial charge is 0.497 e. The number of methoxy groups -OCH3 is 1. The topological polar surface area (TPSA) is 38.3 Å². The second kappa shape index (κ2) is 6.35. The van der Waals surface area contributed by atoms with Gasteiger partial charge in [-0.15, -0.1) is 0 Å². The van der Waals surface area contributed by atoms with Crippen molar-refractivity contribution < 1.29 is 9.53 Å². The molecule has 3 nitrogen and oxygen atoms in total. The van der Waals surface area contributed by atoms with E-state index in [1.165, 1.54) is 11.8 Å². The average molecular weight is 225 g/mol. The average Bonchev–Trinajstić information content (AvgIpc) is 2.27. The van der Waals surface area contributed by atoms with Crippen molar-refractivity contribution in [2.24, 2.45) is 0 Å². The van der Waals surface area contributed by atoms with E-state index in [-0.39, 0.29) is 5.91 Å². The third kappa shape index (κ3) is 4.25. The maximum Gasteiger partial charge on any atom is 0.230 e. The van der Waals surface area contributed by atoms with Crippen LogP contribution in [0.2, 0.25) is 0 Å². The monoisotopic (exact) mass is 225 g/mol. The Bertz CT molecular complexity index is 328. The molecule has 0 aliphatic rings. The standard InChI is InChI=1S/C11H15NO2S/c1-14-10-5-3-4-9(6-10)7-12-11(13)8-15-2/h3-6H,7-8H2,1-2H3,(H,12,13).